The second-order valence-corrected chi connectivity index (χ2v) is 11.0. The molecule has 0 saturated heterocycles. The molecule has 0 aliphatic rings. The van der Waals surface area contributed by atoms with E-state index in [0.29, 0.717) is 11.2 Å². The van der Waals surface area contributed by atoms with Gasteiger partial charge in [0.1, 0.15) is 16.1 Å². The largest absolute Gasteiger partial charge is 0.591 e. The molecule has 7 heteroatoms. The van der Waals surface area contributed by atoms with Crippen LogP contribution in [0.1, 0.15) is 32.0 Å². The number of nitrogens with zero attached hydrogens (tertiary/aromatic N) is 2. The molecule has 3 rings (SSSR count). The molecule has 5 nitrogen and oxygen atoms in total. The summed E-state index contributed by atoms with van der Waals surface area (Å²) < 4.78 is 43.2. The van der Waals surface area contributed by atoms with Gasteiger partial charge < -0.3 is 4.55 Å². The van der Waals surface area contributed by atoms with Crippen molar-refractivity contribution in [1.82, 2.24) is 3.97 Å². The lowest BCUT2D eigenvalue weighted by Gasteiger charge is -2.17. The zero-order valence-corrected chi connectivity index (χ0v) is 17.3. The molecule has 1 atom stereocenters. The quantitative estimate of drug-likeness (QED) is 0.488. The smallest absolute Gasteiger partial charge is 0.268 e. The first-order chi connectivity index (χ1) is 12.6. The first-order valence-electron chi connectivity index (χ1n) is 8.49. The first kappa shape index (κ1) is 19.7. The van der Waals surface area contributed by atoms with Crippen LogP contribution >= 0.6 is 0 Å². The fraction of sp³-hybridized carbons (Fsp3) is 0.250. The Morgan fingerprint density at radius 2 is 1.74 bits per heavy atom. The van der Waals surface area contributed by atoms with Crippen molar-refractivity contribution < 1.29 is 13.0 Å². The minimum Gasteiger partial charge on any atom is -0.591 e. The van der Waals surface area contributed by atoms with Crippen molar-refractivity contribution in [2.75, 3.05) is 0 Å². The summed E-state index contributed by atoms with van der Waals surface area (Å²) in [5.74, 6) is 0. The number of fused-ring (bicyclic) bond motifs is 1. The van der Waals surface area contributed by atoms with Crippen molar-refractivity contribution in [2.45, 2.75) is 37.3 Å². The first-order valence-corrected chi connectivity index (χ1v) is 11.0. The summed E-state index contributed by atoms with van der Waals surface area (Å²) in [6.07, 6.45) is 1.57. The lowest BCUT2D eigenvalue weighted by Crippen LogP contribution is -2.25. The van der Waals surface area contributed by atoms with Crippen molar-refractivity contribution >= 4 is 38.5 Å². The molecule has 0 aliphatic carbocycles. The van der Waals surface area contributed by atoms with E-state index >= 15 is 0 Å². The molecule has 3 aromatic rings. The second kappa shape index (κ2) is 7.14. The van der Waals surface area contributed by atoms with Crippen LogP contribution in [0.15, 0.2) is 63.9 Å². The summed E-state index contributed by atoms with van der Waals surface area (Å²) in [5, 5.41) is 0.789. The molecule has 0 saturated carbocycles. The van der Waals surface area contributed by atoms with Gasteiger partial charge in [0.2, 0.25) is 0 Å². The predicted molar refractivity (Wildman–Crippen MR) is 111 cm³/mol. The third-order valence-electron chi connectivity index (χ3n) is 4.06. The molecule has 27 heavy (non-hydrogen) atoms. The van der Waals surface area contributed by atoms with E-state index in [0.717, 1.165) is 10.9 Å². The number of aromatic nitrogens is 1. The van der Waals surface area contributed by atoms with E-state index in [1.165, 1.54) is 3.97 Å². The third kappa shape index (κ3) is 3.95. The van der Waals surface area contributed by atoms with Crippen LogP contribution in [0.5, 0.6) is 0 Å². The number of rotatable bonds is 4. The van der Waals surface area contributed by atoms with Crippen molar-refractivity contribution in [1.29, 1.82) is 0 Å². The summed E-state index contributed by atoms with van der Waals surface area (Å²) in [6.45, 7) is 7.35. The molecular formula is C20H22N2O3S2. The number of hydrogen-bond donors (Lipinski definition) is 0. The fourth-order valence-corrected chi connectivity index (χ4v) is 4.81. The maximum Gasteiger partial charge on any atom is 0.268 e. The van der Waals surface area contributed by atoms with Gasteiger partial charge in [-0.2, -0.15) is 0 Å². The van der Waals surface area contributed by atoms with E-state index < -0.39 is 26.1 Å². The minimum absolute atomic E-state index is 0.247. The van der Waals surface area contributed by atoms with Gasteiger partial charge in [-0.05, 0) is 63.6 Å². The zero-order valence-electron chi connectivity index (χ0n) is 15.7. The molecule has 0 bridgehead atoms. The lowest BCUT2D eigenvalue weighted by atomic mass is 10.2. The fourth-order valence-electron chi connectivity index (χ4n) is 2.71. The van der Waals surface area contributed by atoms with Crippen LogP contribution in [0.25, 0.3) is 10.9 Å². The second-order valence-electron chi connectivity index (χ2n) is 7.28. The Kier molecular flexibility index (Phi) is 5.20. The molecule has 1 heterocycles. The molecule has 142 valence electrons. The molecule has 0 spiro atoms. The van der Waals surface area contributed by atoms with Crippen LogP contribution in [-0.4, -0.2) is 27.9 Å². The summed E-state index contributed by atoms with van der Waals surface area (Å²) in [6, 6.07) is 15.6. The zero-order chi connectivity index (χ0) is 19.8. The Balaban J connectivity index is 2.04. The molecular weight excluding hydrogens is 380 g/mol. The molecule has 0 fully saturated rings. The van der Waals surface area contributed by atoms with Crippen molar-refractivity contribution in [2.24, 2.45) is 4.40 Å². The van der Waals surface area contributed by atoms with E-state index in [9.17, 15) is 13.0 Å². The Morgan fingerprint density at radius 1 is 1.07 bits per heavy atom. The van der Waals surface area contributed by atoms with E-state index in [4.69, 9.17) is 0 Å². The standard InChI is InChI=1S/C20H22N2O3S2/c1-15-12-17-13-16(14-21-26(23)20(2,3)4)10-11-19(17)22(15)27(24,25)18-8-6-5-7-9-18/h5-14H,1-4H3/b21-14-. The molecule has 2 aromatic carbocycles. The number of hydrogen-bond acceptors (Lipinski definition) is 4. The normalized spacial score (nSPS) is 14.1. The Morgan fingerprint density at radius 3 is 2.37 bits per heavy atom. The number of aryl methyl sites for hydroxylation is 1. The van der Waals surface area contributed by atoms with Crippen molar-refractivity contribution in [3.63, 3.8) is 0 Å². The van der Waals surface area contributed by atoms with E-state index in [2.05, 4.69) is 4.40 Å². The average Bonchev–Trinajstić information content (AvgIpc) is 2.95. The monoisotopic (exact) mass is 402 g/mol. The Hall–Kier alpha value is -2.09. The van der Waals surface area contributed by atoms with Gasteiger partial charge in [0, 0.05) is 11.1 Å². The predicted octanol–water partition coefficient (Wildman–Crippen LogP) is 4.07. The van der Waals surface area contributed by atoms with E-state index in [-0.39, 0.29) is 4.90 Å². The van der Waals surface area contributed by atoms with Gasteiger partial charge in [0.05, 0.1) is 16.6 Å². The molecule has 1 aromatic heterocycles. The van der Waals surface area contributed by atoms with Crippen LogP contribution in [0.4, 0.5) is 0 Å². The highest BCUT2D eigenvalue weighted by Gasteiger charge is 2.26. The van der Waals surface area contributed by atoms with Gasteiger partial charge in [-0.3, -0.25) is 0 Å². The van der Waals surface area contributed by atoms with Crippen LogP contribution < -0.4 is 0 Å². The van der Waals surface area contributed by atoms with Gasteiger partial charge in [-0.25, -0.2) is 12.4 Å². The van der Waals surface area contributed by atoms with Gasteiger partial charge in [-0.15, -0.1) is 0 Å². The Bertz CT molecular complexity index is 1100. The summed E-state index contributed by atoms with van der Waals surface area (Å²) in [5.41, 5.74) is 2.00. The van der Waals surface area contributed by atoms with Crippen LogP contribution in [-0.2, 0) is 21.4 Å². The van der Waals surface area contributed by atoms with E-state index in [1.54, 1.807) is 55.6 Å². The highest BCUT2D eigenvalue weighted by molar-refractivity contribution is 7.91. The summed E-state index contributed by atoms with van der Waals surface area (Å²) in [4.78, 5) is 0.247. The molecule has 1 unspecified atom stereocenters. The highest BCUT2D eigenvalue weighted by atomic mass is 32.2. The molecule has 0 aliphatic heterocycles. The Labute approximate surface area is 163 Å². The average molecular weight is 403 g/mol. The van der Waals surface area contributed by atoms with Gasteiger partial charge >= 0.3 is 0 Å². The van der Waals surface area contributed by atoms with Crippen molar-refractivity contribution in [3.05, 3.63) is 65.9 Å². The number of benzene rings is 2. The molecule has 0 radical (unpaired) electrons. The molecule has 0 N–H and O–H groups in total. The van der Waals surface area contributed by atoms with Crippen LogP contribution in [0.3, 0.4) is 0 Å². The molecule has 0 amide bonds. The van der Waals surface area contributed by atoms with Gasteiger partial charge in [-0.1, -0.05) is 28.7 Å². The topological polar surface area (TPSA) is 74.5 Å². The maximum atomic E-state index is 13.0. The lowest BCUT2D eigenvalue weighted by molar-refractivity contribution is 0.562. The van der Waals surface area contributed by atoms with Gasteiger partial charge in [0.15, 0.2) is 0 Å². The van der Waals surface area contributed by atoms with Crippen LogP contribution in [0.2, 0.25) is 0 Å². The van der Waals surface area contributed by atoms with Crippen LogP contribution in [0, 0.1) is 6.92 Å². The van der Waals surface area contributed by atoms with Gasteiger partial charge in [0.25, 0.3) is 10.0 Å². The minimum atomic E-state index is -3.68. The SMILES string of the molecule is Cc1cc2cc(/C=N\[S+]([O-])C(C)(C)C)ccc2n1S(=O)(=O)c1ccccc1. The van der Waals surface area contributed by atoms with E-state index in [1.807, 2.05) is 32.9 Å². The third-order valence-corrected chi connectivity index (χ3v) is 7.24. The maximum absolute atomic E-state index is 13.0. The highest BCUT2D eigenvalue weighted by Crippen LogP contribution is 2.26. The summed E-state index contributed by atoms with van der Waals surface area (Å²) >= 11 is -1.34. The summed E-state index contributed by atoms with van der Waals surface area (Å²) in [7, 11) is -3.68. The van der Waals surface area contributed by atoms with Crippen molar-refractivity contribution in [3.8, 4) is 0 Å².